The summed E-state index contributed by atoms with van der Waals surface area (Å²) in [5.41, 5.74) is 7.83. The summed E-state index contributed by atoms with van der Waals surface area (Å²) in [5, 5.41) is 12.0. The smallest absolute Gasteiger partial charge is 0.0512 e. The van der Waals surface area contributed by atoms with E-state index in [1.165, 1.54) is 0 Å². The number of hydrogen-bond acceptors (Lipinski definition) is 2. The molecule has 1 N–H and O–H groups in total. The average molecular weight is 129 g/mol. The summed E-state index contributed by atoms with van der Waals surface area (Å²) in [6.45, 7) is 2.21. The molecule has 0 fully saturated rings. The summed E-state index contributed by atoms with van der Waals surface area (Å²) in [6, 6.07) is 0. The van der Waals surface area contributed by atoms with Crippen LogP contribution in [0.15, 0.2) is 5.11 Å². The van der Waals surface area contributed by atoms with Gasteiger partial charge in [-0.1, -0.05) is 5.11 Å². The molecule has 0 saturated heterocycles. The second-order valence-corrected chi connectivity index (χ2v) is 1.95. The van der Waals surface area contributed by atoms with Gasteiger partial charge in [0.15, 0.2) is 0 Å². The van der Waals surface area contributed by atoms with Crippen LogP contribution < -0.4 is 0 Å². The van der Waals surface area contributed by atoms with Crippen molar-refractivity contribution in [2.75, 3.05) is 6.54 Å². The Morgan fingerprint density at radius 3 is 2.89 bits per heavy atom. The largest absolute Gasteiger partial charge is 0.393 e. The van der Waals surface area contributed by atoms with Crippen molar-refractivity contribution in [2.45, 2.75) is 25.9 Å². The van der Waals surface area contributed by atoms with Crippen molar-refractivity contribution in [1.29, 1.82) is 0 Å². The zero-order valence-electron chi connectivity index (χ0n) is 5.49. The van der Waals surface area contributed by atoms with Gasteiger partial charge in [0.2, 0.25) is 0 Å². The maximum absolute atomic E-state index is 8.72. The molecule has 0 aromatic heterocycles. The summed E-state index contributed by atoms with van der Waals surface area (Å²) in [4.78, 5) is 2.58. The molecule has 0 rings (SSSR count). The first-order valence-electron chi connectivity index (χ1n) is 2.96. The summed E-state index contributed by atoms with van der Waals surface area (Å²) < 4.78 is 0. The standard InChI is InChI=1S/C5H11N3O/c1-5(9)3-2-4-7-8-6/h5,9H,2-4H2,1H3. The molecule has 1 atom stereocenters. The van der Waals surface area contributed by atoms with E-state index in [-0.39, 0.29) is 6.10 Å². The maximum Gasteiger partial charge on any atom is 0.0512 e. The van der Waals surface area contributed by atoms with Crippen LogP contribution in [0.5, 0.6) is 0 Å². The topological polar surface area (TPSA) is 69.0 Å². The lowest BCUT2D eigenvalue weighted by Gasteiger charge is -1.98. The molecule has 0 aromatic carbocycles. The Bertz CT molecular complexity index is 107. The van der Waals surface area contributed by atoms with Gasteiger partial charge < -0.3 is 5.11 Å². The highest BCUT2D eigenvalue weighted by atomic mass is 16.3. The van der Waals surface area contributed by atoms with Crippen LogP contribution in [0.4, 0.5) is 0 Å². The summed E-state index contributed by atoms with van der Waals surface area (Å²) in [7, 11) is 0. The van der Waals surface area contributed by atoms with E-state index in [1.807, 2.05) is 0 Å². The Labute approximate surface area is 54.1 Å². The van der Waals surface area contributed by atoms with E-state index < -0.39 is 0 Å². The third-order valence-corrected chi connectivity index (χ3v) is 0.943. The van der Waals surface area contributed by atoms with E-state index in [2.05, 4.69) is 10.0 Å². The molecule has 1 unspecified atom stereocenters. The Kier molecular flexibility index (Phi) is 4.97. The summed E-state index contributed by atoms with van der Waals surface area (Å²) >= 11 is 0. The molecule has 0 aromatic rings. The lowest BCUT2D eigenvalue weighted by atomic mass is 10.2. The monoisotopic (exact) mass is 129 g/mol. The summed E-state index contributed by atoms with van der Waals surface area (Å²) in [5.74, 6) is 0. The van der Waals surface area contributed by atoms with Gasteiger partial charge in [0, 0.05) is 11.5 Å². The third kappa shape index (κ3) is 7.27. The third-order valence-electron chi connectivity index (χ3n) is 0.943. The van der Waals surface area contributed by atoms with Crippen LogP contribution in [0.25, 0.3) is 10.4 Å². The van der Waals surface area contributed by atoms with Crippen LogP contribution in [0.2, 0.25) is 0 Å². The fraction of sp³-hybridized carbons (Fsp3) is 1.00. The first-order valence-corrected chi connectivity index (χ1v) is 2.96. The second kappa shape index (κ2) is 5.41. The highest BCUT2D eigenvalue weighted by molar-refractivity contribution is 4.50. The van der Waals surface area contributed by atoms with Gasteiger partial charge in [0.1, 0.15) is 0 Å². The number of hydrogen-bond donors (Lipinski definition) is 1. The molecule has 0 saturated carbocycles. The highest BCUT2D eigenvalue weighted by Crippen LogP contribution is 1.94. The van der Waals surface area contributed by atoms with E-state index in [0.717, 1.165) is 6.42 Å². The molecule has 4 nitrogen and oxygen atoms in total. The predicted octanol–water partition coefficient (Wildman–Crippen LogP) is 1.46. The molecule has 0 bridgehead atoms. The molecule has 9 heavy (non-hydrogen) atoms. The Hall–Kier alpha value is -0.730. The summed E-state index contributed by atoms with van der Waals surface area (Å²) in [6.07, 6.45) is 1.19. The van der Waals surface area contributed by atoms with Crippen molar-refractivity contribution in [3.8, 4) is 0 Å². The van der Waals surface area contributed by atoms with E-state index in [4.69, 9.17) is 10.6 Å². The van der Waals surface area contributed by atoms with Crippen molar-refractivity contribution in [2.24, 2.45) is 5.11 Å². The van der Waals surface area contributed by atoms with Crippen LogP contribution in [0, 0.1) is 0 Å². The lowest BCUT2D eigenvalue weighted by molar-refractivity contribution is 0.182. The van der Waals surface area contributed by atoms with Crippen molar-refractivity contribution < 1.29 is 5.11 Å². The van der Waals surface area contributed by atoms with Crippen LogP contribution in [-0.4, -0.2) is 17.8 Å². The van der Waals surface area contributed by atoms with E-state index in [0.29, 0.717) is 13.0 Å². The first-order chi connectivity index (χ1) is 4.27. The molecular weight excluding hydrogens is 118 g/mol. The molecule has 0 aliphatic carbocycles. The van der Waals surface area contributed by atoms with Crippen LogP contribution in [0.1, 0.15) is 19.8 Å². The Morgan fingerprint density at radius 2 is 2.44 bits per heavy atom. The molecule has 0 aliphatic heterocycles. The fourth-order valence-corrected chi connectivity index (χ4v) is 0.502. The van der Waals surface area contributed by atoms with Crippen LogP contribution in [0.3, 0.4) is 0 Å². The zero-order chi connectivity index (χ0) is 7.11. The van der Waals surface area contributed by atoms with Gasteiger partial charge in [-0.25, -0.2) is 0 Å². The Morgan fingerprint density at radius 1 is 1.78 bits per heavy atom. The lowest BCUT2D eigenvalue weighted by Crippen LogP contribution is -1.99. The van der Waals surface area contributed by atoms with Gasteiger partial charge in [-0.15, -0.1) is 0 Å². The Balaban J connectivity index is 3.00. The van der Waals surface area contributed by atoms with Crippen LogP contribution >= 0.6 is 0 Å². The van der Waals surface area contributed by atoms with Crippen molar-refractivity contribution in [3.63, 3.8) is 0 Å². The van der Waals surface area contributed by atoms with Gasteiger partial charge in [-0.3, -0.25) is 0 Å². The number of azide groups is 1. The minimum Gasteiger partial charge on any atom is -0.393 e. The van der Waals surface area contributed by atoms with Gasteiger partial charge in [-0.05, 0) is 25.3 Å². The minimum atomic E-state index is -0.279. The van der Waals surface area contributed by atoms with Gasteiger partial charge >= 0.3 is 0 Å². The molecule has 0 amide bonds. The first kappa shape index (κ1) is 8.27. The molecular formula is C5H11N3O. The number of aliphatic hydroxyl groups is 1. The molecule has 4 heteroatoms. The molecule has 0 spiro atoms. The van der Waals surface area contributed by atoms with E-state index in [1.54, 1.807) is 6.92 Å². The second-order valence-electron chi connectivity index (χ2n) is 1.95. The molecule has 0 heterocycles. The van der Waals surface area contributed by atoms with E-state index >= 15 is 0 Å². The van der Waals surface area contributed by atoms with Gasteiger partial charge in [-0.2, -0.15) is 0 Å². The van der Waals surface area contributed by atoms with Crippen molar-refractivity contribution >= 4 is 0 Å². The van der Waals surface area contributed by atoms with Crippen molar-refractivity contribution in [1.82, 2.24) is 0 Å². The van der Waals surface area contributed by atoms with Crippen molar-refractivity contribution in [3.05, 3.63) is 10.4 Å². The number of rotatable bonds is 4. The molecule has 0 radical (unpaired) electrons. The predicted molar refractivity (Wildman–Crippen MR) is 34.9 cm³/mol. The fourth-order valence-electron chi connectivity index (χ4n) is 0.502. The van der Waals surface area contributed by atoms with Gasteiger partial charge in [0.25, 0.3) is 0 Å². The normalized spacial score (nSPS) is 12.2. The molecule has 0 aliphatic rings. The number of nitrogens with zero attached hydrogens (tertiary/aromatic N) is 3. The highest BCUT2D eigenvalue weighted by Gasteiger charge is 1.91. The van der Waals surface area contributed by atoms with E-state index in [9.17, 15) is 0 Å². The zero-order valence-corrected chi connectivity index (χ0v) is 5.49. The SMILES string of the molecule is CC(O)CCCN=[N+]=[N-]. The minimum absolute atomic E-state index is 0.279. The van der Waals surface area contributed by atoms with Crippen LogP contribution in [-0.2, 0) is 0 Å². The number of aliphatic hydroxyl groups excluding tert-OH is 1. The average Bonchev–Trinajstić information content (AvgIpc) is 1.80. The quantitative estimate of drug-likeness (QED) is 0.265. The van der Waals surface area contributed by atoms with Gasteiger partial charge in [0.05, 0.1) is 6.10 Å². The maximum atomic E-state index is 8.72. The molecule has 52 valence electrons.